The summed E-state index contributed by atoms with van der Waals surface area (Å²) >= 11 is 0. The molecule has 2 atom stereocenters. The highest BCUT2D eigenvalue weighted by Crippen LogP contribution is 2.44. The first-order valence-electron chi connectivity index (χ1n) is 6.38. The van der Waals surface area contributed by atoms with Crippen molar-refractivity contribution >= 4 is 22.5 Å². The van der Waals surface area contributed by atoms with E-state index in [-0.39, 0.29) is 12.0 Å². The highest BCUT2D eigenvalue weighted by molar-refractivity contribution is 5.97. The topological polar surface area (TPSA) is 98.3 Å². The normalized spacial score (nSPS) is 21.6. The Hall–Kier alpha value is -2.41. The number of carbonyl (C=O) groups excluding carboxylic acids is 1. The number of carbonyl (C=O) groups is 1. The monoisotopic (exact) mass is 271 g/mol. The second-order valence-electron chi connectivity index (χ2n) is 5.01. The molecule has 0 aromatic carbocycles. The number of hydrogen-bond donors (Lipinski definition) is 2. The number of nitrogens with zero attached hydrogens (tertiary/aromatic N) is 3. The molecule has 1 fully saturated rings. The van der Waals surface area contributed by atoms with E-state index >= 15 is 0 Å². The Bertz CT molecular complexity index is 834. The molecule has 3 heterocycles. The number of aromatic nitrogens is 4. The third-order valence-electron chi connectivity index (χ3n) is 3.82. The van der Waals surface area contributed by atoms with Crippen molar-refractivity contribution in [2.45, 2.75) is 18.4 Å². The van der Waals surface area contributed by atoms with E-state index in [1.165, 1.54) is 4.52 Å². The smallest absolute Gasteiger partial charge is 0.269 e. The molecular weight excluding hydrogens is 258 g/mol. The Morgan fingerprint density at radius 3 is 3.15 bits per heavy atom. The Balaban J connectivity index is 2.02. The average Bonchev–Trinajstić information content (AvgIpc) is 2.88. The minimum Gasteiger partial charge on any atom is -0.381 e. The third kappa shape index (κ3) is 1.41. The quantitative estimate of drug-likeness (QED) is 0.736. The van der Waals surface area contributed by atoms with Crippen LogP contribution in [0.4, 0.5) is 0 Å². The second kappa shape index (κ2) is 3.80. The van der Waals surface area contributed by atoms with Gasteiger partial charge in [0.25, 0.3) is 5.91 Å². The van der Waals surface area contributed by atoms with Gasteiger partial charge < -0.3 is 15.5 Å². The van der Waals surface area contributed by atoms with Crippen molar-refractivity contribution in [3.05, 3.63) is 29.8 Å². The molecule has 0 saturated heterocycles. The number of nitrogens with one attached hydrogen (secondary N) is 1. The molecule has 4 rings (SSSR count). The number of rotatable bonds is 3. The number of primary amides is 1. The van der Waals surface area contributed by atoms with Crippen molar-refractivity contribution in [2.75, 3.05) is 7.11 Å². The van der Waals surface area contributed by atoms with Crippen LogP contribution in [0.3, 0.4) is 0 Å². The number of aromatic amines is 1. The summed E-state index contributed by atoms with van der Waals surface area (Å²) in [4.78, 5) is 19.5. The number of amides is 1. The van der Waals surface area contributed by atoms with Gasteiger partial charge in [0, 0.05) is 24.6 Å². The lowest BCUT2D eigenvalue weighted by molar-refractivity contribution is 0.0992. The van der Waals surface area contributed by atoms with Crippen LogP contribution in [-0.4, -0.2) is 38.7 Å². The average molecular weight is 271 g/mol. The van der Waals surface area contributed by atoms with Crippen molar-refractivity contribution in [1.29, 1.82) is 0 Å². The van der Waals surface area contributed by atoms with E-state index in [0.29, 0.717) is 17.0 Å². The summed E-state index contributed by atoms with van der Waals surface area (Å²) < 4.78 is 6.82. The summed E-state index contributed by atoms with van der Waals surface area (Å²) in [5.74, 6) is -0.401. The zero-order valence-corrected chi connectivity index (χ0v) is 10.8. The van der Waals surface area contributed by atoms with E-state index in [0.717, 1.165) is 17.3 Å². The van der Waals surface area contributed by atoms with E-state index in [1.54, 1.807) is 13.3 Å². The van der Waals surface area contributed by atoms with E-state index in [2.05, 4.69) is 15.1 Å². The molecular formula is C13H13N5O2. The molecule has 0 unspecified atom stereocenters. The molecule has 0 bridgehead atoms. The van der Waals surface area contributed by atoms with Gasteiger partial charge in [-0.25, -0.2) is 9.50 Å². The van der Waals surface area contributed by atoms with Gasteiger partial charge in [0.15, 0.2) is 11.3 Å². The first kappa shape index (κ1) is 11.4. The van der Waals surface area contributed by atoms with Crippen LogP contribution in [0.2, 0.25) is 0 Å². The minimum atomic E-state index is -0.521. The number of fused-ring (bicyclic) bond motifs is 3. The van der Waals surface area contributed by atoms with Gasteiger partial charge in [-0.1, -0.05) is 0 Å². The molecule has 20 heavy (non-hydrogen) atoms. The Labute approximate surface area is 113 Å². The zero-order chi connectivity index (χ0) is 13.9. The van der Waals surface area contributed by atoms with Crippen LogP contribution < -0.4 is 5.73 Å². The van der Waals surface area contributed by atoms with Crippen LogP contribution in [0.15, 0.2) is 18.5 Å². The Morgan fingerprint density at radius 1 is 1.60 bits per heavy atom. The molecule has 0 spiro atoms. The summed E-state index contributed by atoms with van der Waals surface area (Å²) in [6.45, 7) is 0. The molecule has 1 aliphatic rings. The Kier molecular flexibility index (Phi) is 2.17. The van der Waals surface area contributed by atoms with Crippen molar-refractivity contribution < 1.29 is 9.53 Å². The zero-order valence-electron chi connectivity index (χ0n) is 10.8. The van der Waals surface area contributed by atoms with Crippen LogP contribution in [-0.2, 0) is 4.74 Å². The lowest BCUT2D eigenvalue weighted by Gasteiger charge is -1.99. The molecule has 1 amide bonds. The van der Waals surface area contributed by atoms with Gasteiger partial charge in [-0.3, -0.25) is 4.79 Å². The first-order chi connectivity index (χ1) is 9.70. The number of ether oxygens (including phenoxy) is 1. The lowest BCUT2D eigenvalue weighted by atomic mass is 10.2. The fraction of sp³-hybridized carbons (Fsp3) is 0.308. The van der Waals surface area contributed by atoms with Gasteiger partial charge in [-0.15, -0.1) is 0 Å². The molecule has 1 aliphatic carbocycles. The van der Waals surface area contributed by atoms with Gasteiger partial charge in [-0.2, -0.15) is 5.10 Å². The number of nitrogens with two attached hydrogens (primary N) is 1. The molecule has 102 valence electrons. The van der Waals surface area contributed by atoms with E-state index in [9.17, 15) is 4.79 Å². The fourth-order valence-corrected chi connectivity index (χ4v) is 2.71. The van der Waals surface area contributed by atoms with Crippen LogP contribution in [0.25, 0.3) is 16.6 Å². The number of H-pyrrole nitrogens is 1. The van der Waals surface area contributed by atoms with Crippen molar-refractivity contribution in [1.82, 2.24) is 19.6 Å². The number of methoxy groups -OCH3 is 1. The highest BCUT2D eigenvalue weighted by atomic mass is 16.5. The molecule has 0 aliphatic heterocycles. The van der Waals surface area contributed by atoms with E-state index < -0.39 is 5.91 Å². The van der Waals surface area contributed by atoms with Crippen LogP contribution in [0.1, 0.15) is 28.5 Å². The number of imidazole rings is 1. The van der Waals surface area contributed by atoms with Gasteiger partial charge in [0.1, 0.15) is 0 Å². The fourth-order valence-electron chi connectivity index (χ4n) is 2.71. The summed E-state index contributed by atoms with van der Waals surface area (Å²) in [6, 6.07) is 1.91. The second-order valence-corrected chi connectivity index (χ2v) is 5.01. The third-order valence-corrected chi connectivity index (χ3v) is 3.82. The predicted octanol–water partition coefficient (Wildman–Crippen LogP) is 0.812. The van der Waals surface area contributed by atoms with E-state index in [1.807, 2.05) is 12.3 Å². The summed E-state index contributed by atoms with van der Waals surface area (Å²) in [5.41, 5.74) is 8.01. The summed E-state index contributed by atoms with van der Waals surface area (Å²) in [5, 5.41) is 5.23. The van der Waals surface area contributed by atoms with Crippen molar-refractivity contribution in [3.8, 4) is 0 Å². The molecule has 1 saturated carbocycles. The largest absolute Gasteiger partial charge is 0.381 e. The lowest BCUT2D eigenvalue weighted by Crippen LogP contribution is -2.17. The molecule has 0 radical (unpaired) electrons. The van der Waals surface area contributed by atoms with Crippen LogP contribution in [0, 0.1) is 0 Å². The molecule has 7 nitrogen and oxygen atoms in total. The van der Waals surface area contributed by atoms with E-state index in [4.69, 9.17) is 10.5 Å². The summed E-state index contributed by atoms with van der Waals surface area (Å²) in [7, 11) is 1.66. The molecule has 3 N–H and O–H groups in total. The summed E-state index contributed by atoms with van der Waals surface area (Å²) in [6.07, 6.45) is 4.48. The maximum absolute atomic E-state index is 11.8. The first-order valence-corrected chi connectivity index (χ1v) is 6.38. The van der Waals surface area contributed by atoms with Crippen molar-refractivity contribution in [3.63, 3.8) is 0 Å². The number of hydrogen-bond acceptors (Lipinski definition) is 4. The highest BCUT2D eigenvalue weighted by Gasteiger charge is 2.43. The maximum atomic E-state index is 11.8. The Morgan fingerprint density at radius 2 is 2.45 bits per heavy atom. The van der Waals surface area contributed by atoms with Crippen molar-refractivity contribution in [2.24, 2.45) is 5.73 Å². The predicted molar refractivity (Wildman–Crippen MR) is 71.5 cm³/mol. The van der Waals surface area contributed by atoms with Crippen LogP contribution >= 0.6 is 0 Å². The van der Waals surface area contributed by atoms with Gasteiger partial charge >= 0.3 is 0 Å². The molecule has 3 aromatic heterocycles. The van der Waals surface area contributed by atoms with Gasteiger partial charge in [-0.05, 0) is 12.5 Å². The van der Waals surface area contributed by atoms with Crippen LogP contribution in [0.5, 0.6) is 0 Å². The standard InChI is InChI=1S/C13H13N5O2/c1-20-8-4-7(8)10-11(12(14)19)18-13(17-10)9-6(5-16-18)2-3-15-9/h2-3,5,7-8,15H,4H2,1H3,(H2,14,19)/t7-,8-/m0/s1. The molecule has 3 aromatic rings. The molecule has 7 heteroatoms. The minimum absolute atomic E-state index is 0.108. The van der Waals surface area contributed by atoms with Gasteiger partial charge in [0.05, 0.1) is 23.5 Å². The van der Waals surface area contributed by atoms with Gasteiger partial charge in [0.2, 0.25) is 0 Å². The SMILES string of the molecule is CO[C@H]1C[C@@H]1c1nc2c3[nH]ccc3cnn2c1C(N)=O. The maximum Gasteiger partial charge on any atom is 0.269 e.